The van der Waals surface area contributed by atoms with Gasteiger partial charge in [0, 0.05) is 22.8 Å². The van der Waals surface area contributed by atoms with E-state index in [0.717, 1.165) is 22.0 Å². The summed E-state index contributed by atoms with van der Waals surface area (Å²) in [5.41, 5.74) is 2.99. The van der Waals surface area contributed by atoms with Gasteiger partial charge < -0.3 is 19.8 Å². The normalized spacial score (nSPS) is 10.8. The highest BCUT2D eigenvalue weighted by Crippen LogP contribution is 2.17. The number of ether oxygens (including phenoxy) is 1. The molecule has 0 radical (unpaired) electrons. The summed E-state index contributed by atoms with van der Waals surface area (Å²) < 4.78 is 10.8. The van der Waals surface area contributed by atoms with Gasteiger partial charge in [-0.15, -0.1) is 11.3 Å². The molecule has 2 aromatic carbocycles. The summed E-state index contributed by atoms with van der Waals surface area (Å²) in [5, 5.41) is 8.50. The van der Waals surface area contributed by atoms with Crippen molar-refractivity contribution in [3.8, 4) is 5.75 Å². The Morgan fingerprint density at radius 3 is 2.39 bits per heavy atom. The van der Waals surface area contributed by atoms with Crippen LogP contribution in [-0.4, -0.2) is 16.8 Å². The van der Waals surface area contributed by atoms with E-state index in [2.05, 4.69) is 15.6 Å². The third kappa shape index (κ3) is 6.41. The van der Waals surface area contributed by atoms with Gasteiger partial charge in [0.2, 0.25) is 5.91 Å². The Morgan fingerprint density at radius 2 is 1.76 bits per heavy atom. The minimum Gasteiger partial charge on any atom is -0.487 e. The van der Waals surface area contributed by atoms with Gasteiger partial charge in [-0.2, -0.15) is 0 Å². The molecule has 4 aromatic rings. The van der Waals surface area contributed by atoms with Gasteiger partial charge in [-0.1, -0.05) is 12.1 Å². The van der Waals surface area contributed by atoms with E-state index in [1.165, 1.54) is 12.3 Å². The van der Waals surface area contributed by atoms with Gasteiger partial charge >= 0.3 is 0 Å². The summed E-state index contributed by atoms with van der Waals surface area (Å²) in [6.45, 7) is 2.39. The molecule has 0 aliphatic carbocycles. The zero-order valence-electron chi connectivity index (χ0n) is 17.8. The summed E-state index contributed by atoms with van der Waals surface area (Å²) >= 11 is 1.60. The van der Waals surface area contributed by atoms with Crippen molar-refractivity contribution in [1.82, 2.24) is 4.98 Å². The van der Waals surface area contributed by atoms with E-state index in [9.17, 15) is 9.59 Å². The molecule has 33 heavy (non-hydrogen) atoms. The van der Waals surface area contributed by atoms with Crippen LogP contribution in [0.3, 0.4) is 0 Å². The van der Waals surface area contributed by atoms with Crippen LogP contribution in [-0.2, 0) is 11.4 Å². The van der Waals surface area contributed by atoms with Gasteiger partial charge in [-0.25, -0.2) is 4.98 Å². The maximum atomic E-state index is 12.2. The molecule has 2 heterocycles. The highest BCUT2D eigenvalue weighted by Gasteiger charge is 2.08. The lowest BCUT2D eigenvalue weighted by Crippen LogP contribution is -2.11. The topological polar surface area (TPSA) is 93.5 Å². The predicted octanol–water partition coefficient (Wildman–Crippen LogP) is 5.53. The molecule has 2 N–H and O–H groups in total. The van der Waals surface area contributed by atoms with Crippen molar-refractivity contribution in [1.29, 1.82) is 0 Å². The van der Waals surface area contributed by atoms with Crippen molar-refractivity contribution in [2.24, 2.45) is 0 Å². The molecule has 0 atom stereocenters. The SMILES string of the molecule is Cc1nc(COc2ccc(/C=C/C(=O)Nc3ccc(NC(=O)c4ccco4)cc3)cc2)cs1. The molecule has 0 fully saturated rings. The Balaban J connectivity index is 1.25. The number of carbonyl (C=O) groups is 2. The van der Waals surface area contributed by atoms with Crippen LogP contribution in [0.1, 0.15) is 26.8 Å². The Bertz CT molecular complexity index is 1240. The van der Waals surface area contributed by atoms with Gasteiger partial charge in [0.05, 0.1) is 17.0 Å². The van der Waals surface area contributed by atoms with Crippen LogP contribution >= 0.6 is 11.3 Å². The first kappa shape index (κ1) is 22.0. The van der Waals surface area contributed by atoms with Crippen molar-refractivity contribution in [3.63, 3.8) is 0 Å². The molecule has 0 bridgehead atoms. The fourth-order valence-corrected chi connectivity index (χ4v) is 3.50. The van der Waals surface area contributed by atoms with Crippen LogP contribution in [0.4, 0.5) is 11.4 Å². The van der Waals surface area contributed by atoms with Crippen molar-refractivity contribution >= 4 is 40.6 Å². The first-order valence-corrected chi connectivity index (χ1v) is 11.0. The van der Waals surface area contributed by atoms with Crippen molar-refractivity contribution in [2.45, 2.75) is 13.5 Å². The summed E-state index contributed by atoms with van der Waals surface area (Å²) in [4.78, 5) is 28.6. The highest BCUT2D eigenvalue weighted by atomic mass is 32.1. The molecule has 0 saturated heterocycles. The third-order valence-electron chi connectivity index (χ3n) is 4.52. The second-order valence-corrected chi connectivity index (χ2v) is 8.11. The van der Waals surface area contributed by atoms with Gasteiger partial charge in [-0.3, -0.25) is 9.59 Å². The smallest absolute Gasteiger partial charge is 0.291 e. The lowest BCUT2D eigenvalue weighted by Gasteiger charge is -2.06. The number of carbonyl (C=O) groups excluding carboxylic acids is 2. The van der Waals surface area contributed by atoms with Crippen molar-refractivity contribution < 1.29 is 18.7 Å². The van der Waals surface area contributed by atoms with Gasteiger partial charge in [0.1, 0.15) is 12.4 Å². The second kappa shape index (κ2) is 10.4. The molecule has 0 saturated carbocycles. The fourth-order valence-electron chi connectivity index (χ4n) is 2.90. The molecule has 8 heteroatoms. The summed E-state index contributed by atoms with van der Waals surface area (Å²) in [6, 6.07) is 17.5. The van der Waals surface area contributed by atoms with Gasteiger partial charge in [0.25, 0.3) is 5.91 Å². The number of thiazole rings is 1. The van der Waals surface area contributed by atoms with Crippen LogP contribution in [0.5, 0.6) is 5.75 Å². The first-order valence-electron chi connectivity index (χ1n) is 10.1. The number of nitrogens with one attached hydrogen (secondary N) is 2. The fraction of sp³-hybridized carbons (Fsp3) is 0.0800. The van der Waals surface area contributed by atoms with Gasteiger partial charge in [-0.05, 0) is 67.1 Å². The Labute approximate surface area is 194 Å². The van der Waals surface area contributed by atoms with E-state index >= 15 is 0 Å². The number of amides is 2. The van der Waals surface area contributed by atoms with E-state index in [0.29, 0.717) is 18.0 Å². The molecule has 2 amide bonds. The molecule has 0 spiro atoms. The van der Waals surface area contributed by atoms with E-state index < -0.39 is 0 Å². The summed E-state index contributed by atoms with van der Waals surface area (Å²) in [5.74, 6) is 0.365. The molecule has 166 valence electrons. The number of hydrogen-bond donors (Lipinski definition) is 2. The van der Waals surface area contributed by atoms with Crippen molar-refractivity contribution in [3.05, 3.63) is 100 Å². The number of aryl methyl sites for hydroxylation is 1. The average molecular weight is 460 g/mol. The first-order chi connectivity index (χ1) is 16.0. The number of benzene rings is 2. The van der Waals surface area contributed by atoms with Crippen LogP contribution in [0.2, 0.25) is 0 Å². The maximum absolute atomic E-state index is 12.2. The average Bonchev–Trinajstić information content (AvgIpc) is 3.50. The molecule has 0 unspecified atom stereocenters. The molecule has 4 rings (SSSR count). The lowest BCUT2D eigenvalue weighted by atomic mass is 10.2. The number of rotatable bonds is 8. The minimum absolute atomic E-state index is 0.228. The number of anilines is 2. The molecule has 0 aliphatic heterocycles. The molecular weight excluding hydrogens is 438 g/mol. The molecule has 7 nitrogen and oxygen atoms in total. The number of furan rings is 1. The van der Waals surface area contributed by atoms with Crippen LogP contribution < -0.4 is 15.4 Å². The van der Waals surface area contributed by atoms with E-state index in [1.807, 2.05) is 36.6 Å². The number of hydrogen-bond acceptors (Lipinski definition) is 6. The lowest BCUT2D eigenvalue weighted by molar-refractivity contribution is -0.111. The molecule has 0 aliphatic rings. The second-order valence-electron chi connectivity index (χ2n) is 7.05. The minimum atomic E-state index is -0.339. The monoisotopic (exact) mass is 459 g/mol. The van der Waals surface area contributed by atoms with Crippen LogP contribution in [0, 0.1) is 6.92 Å². The number of nitrogens with zero attached hydrogens (tertiary/aromatic N) is 1. The standard InChI is InChI=1S/C25H21N3O4S/c1-17-26-21(16-33-17)15-32-22-11-4-18(5-12-22)6-13-24(29)27-19-7-9-20(10-8-19)28-25(30)23-3-2-14-31-23/h2-14,16H,15H2,1H3,(H,27,29)(H,28,30)/b13-6+. The number of aromatic nitrogens is 1. The Hall–Kier alpha value is -4.17. The zero-order valence-corrected chi connectivity index (χ0v) is 18.6. The summed E-state index contributed by atoms with van der Waals surface area (Å²) in [7, 11) is 0. The van der Waals surface area contributed by atoms with Crippen molar-refractivity contribution in [2.75, 3.05) is 10.6 Å². The third-order valence-corrected chi connectivity index (χ3v) is 5.34. The van der Waals surface area contributed by atoms with Crippen LogP contribution in [0.15, 0.2) is 82.8 Å². The highest BCUT2D eigenvalue weighted by molar-refractivity contribution is 7.09. The molecule has 2 aromatic heterocycles. The largest absolute Gasteiger partial charge is 0.487 e. The Kier molecular flexibility index (Phi) is 6.96. The van der Waals surface area contributed by atoms with Gasteiger partial charge in [0.15, 0.2) is 5.76 Å². The van der Waals surface area contributed by atoms with E-state index in [1.54, 1.807) is 53.8 Å². The van der Waals surface area contributed by atoms with Crippen LogP contribution in [0.25, 0.3) is 6.08 Å². The maximum Gasteiger partial charge on any atom is 0.291 e. The molecular formula is C25H21N3O4S. The predicted molar refractivity (Wildman–Crippen MR) is 128 cm³/mol. The summed E-state index contributed by atoms with van der Waals surface area (Å²) in [6.07, 6.45) is 4.62. The quantitative estimate of drug-likeness (QED) is 0.338. The van der Waals surface area contributed by atoms with E-state index in [-0.39, 0.29) is 17.6 Å². The zero-order chi connectivity index (χ0) is 23.0. The Morgan fingerprint density at radius 1 is 1.03 bits per heavy atom. The van der Waals surface area contributed by atoms with E-state index in [4.69, 9.17) is 9.15 Å².